The summed E-state index contributed by atoms with van der Waals surface area (Å²) in [5.74, 6) is 2.48. The lowest BCUT2D eigenvalue weighted by Crippen LogP contribution is -2.34. The largest absolute Gasteiger partial charge is 0.383 e. The summed E-state index contributed by atoms with van der Waals surface area (Å²) in [5.41, 5.74) is 1.60. The van der Waals surface area contributed by atoms with Crippen LogP contribution in [-0.2, 0) is 17.8 Å². The molecular formula is C20H22N6O2. The van der Waals surface area contributed by atoms with Crippen LogP contribution in [0.2, 0.25) is 0 Å². The Hall–Kier alpha value is -3.26. The number of hydrogen-bond acceptors (Lipinski definition) is 6. The van der Waals surface area contributed by atoms with Crippen LogP contribution in [-0.4, -0.2) is 52.5 Å². The number of hydrogen-bond donors (Lipinski definition) is 1. The molecule has 1 N–H and O–H groups in total. The molecule has 3 aromatic rings. The van der Waals surface area contributed by atoms with Crippen molar-refractivity contribution < 1.29 is 9.53 Å². The first-order valence-corrected chi connectivity index (χ1v) is 9.22. The minimum Gasteiger partial charge on any atom is -0.383 e. The van der Waals surface area contributed by atoms with Gasteiger partial charge in [0.05, 0.1) is 18.7 Å². The minimum absolute atomic E-state index is 0.151. The maximum atomic E-state index is 12.1. The lowest BCUT2D eigenvalue weighted by Gasteiger charge is -2.28. The van der Waals surface area contributed by atoms with Gasteiger partial charge in [0.25, 0.3) is 5.91 Å². The van der Waals surface area contributed by atoms with Crippen LogP contribution in [0.4, 0.5) is 5.82 Å². The number of benzene rings is 1. The monoisotopic (exact) mass is 378 g/mol. The summed E-state index contributed by atoms with van der Waals surface area (Å²) in [6.07, 6.45) is 1.60. The van der Waals surface area contributed by atoms with Crippen molar-refractivity contribution in [2.45, 2.75) is 13.1 Å². The summed E-state index contributed by atoms with van der Waals surface area (Å²) >= 11 is 0. The molecule has 1 aliphatic heterocycles. The highest BCUT2D eigenvalue weighted by molar-refractivity contribution is 5.94. The lowest BCUT2D eigenvalue weighted by atomic mass is 10.2. The molecule has 1 amide bonds. The highest BCUT2D eigenvalue weighted by atomic mass is 16.5. The number of ether oxygens (including phenoxy) is 1. The van der Waals surface area contributed by atoms with Crippen molar-refractivity contribution in [1.29, 1.82) is 0 Å². The van der Waals surface area contributed by atoms with E-state index in [1.54, 1.807) is 19.4 Å². The second-order valence-electron chi connectivity index (χ2n) is 6.53. The van der Waals surface area contributed by atoms with Crippen molar-refractivity contribution in [3.05, 3.63) is 60.0 Å². The normalized spacial score (nSPS) is 13.2. The Labute approximate surface area is 163 Å². The maximum absolute atomic E-state index is 12.1. The maximum Gasteiger partial charge on any atom is 0.252 e. The predicted octanol–water partition coefficient (Wildman–Crippen LogP) is 1.74. The molecule has 0 saturated carbocycles. The van der Waals surface area contributed by atoms with Crippen molar-refractivity contribution >= 4 is 11.7 Å². The molecular weight excluding hydrogens is 356 g/mol. The van der Waals surface area contributed by atoms with E-state index in [-0.39, 0.29) is 5.91 Å². The fourth-order valence-corrected chi connectivity index (χ4v) is 3.23. The van der Waals surface area contributed by atoms with Crippen molar-refractivity contribution in [3.63, 3.8) is 0 Å². The predicted molar refractivity (Wildman–Crippen MR) is 105 cm³/mol. The van der Waals surface area contributed by atoms with Gasteiger partial charge >= 0.3 is 0 Å². The number of carbonyl (C=O) groups excluding carboxylic acids is 1. The Balaban J connectivity index is 1.45. The molecule has 0 bridgehead atoms. The van der Waals surface area contributed by atoms with Crippen LogP contribution in [0.5, 0.6) is 0 Å². The number of pyridine rings is 1. The smallest absolute Gasteiger partial charge is 0.252 e. The van der Waals surface area contributed by atoms with E-state index >= 15 is 0 Å². The number of aromatic nitrogens is 4. The fraction of sp³-hybridized carbons (Fsp3) is 0.300. The molecule has 28 heavy (non-hydrogen) atoms. The van der Waals surface area contributed by atoms with Gasteiger partial charge in [-0.05, 0) is 12.1 Å². The van der Waals surface area contributed by atoms with Gasteiger partial charge in [-0.3, -0.25) is 4.79 Å². The van der Waals surface area contributed by atoms with Gasteiger partial charge in [0, 0.05) is 38.5 Å². The van der Waals surface area contributed by atoms with E-state index in [0.717, 1.165) is 36.1 Å². The molecule has 0 aliphatic carbocycles. The molecule has 0 spiro atoms. The van der Waals surface area contributed by atoms with E-state index < -0.39 is 0 Å². The average Bonchev–Trinajstić information content (AvgIpc) is 3.18. The van der Waals surface area contributed by atoms with Crippen molar-refractivity contribution in [3.8, 4) is 11.4 Å². The minimum atomic E-state index is -0.151. The first-order valence-electron chi connectivity index (χ1n) is 9.22. The van der Waals surface area contributed by atoms with Crippen LogP contribution in [0.1, 0.15) is 16.2 Å². The molecule has 0 atom stereocenters. The van der Waals surface area contributed by atoms with Gasteiger partial charge in [-0.2, -0.15) is 0 Å². The first kappa shape index (κ1) is 18.1. The third-order valence-electron chi connectivity index (χ3n) is 4.71. The van der Waals surface area contributed by atoms with Crippen LogP contribution in [0, 0.1) is 0 Å². The van der Waals surface area contributed by atoms with E-state index in [0.29, 0.717) is 25.3 Å². The Kier molecular flexibility index (Phi) is 5.29. The summed E-state index contributed by atoms with van der Waals surface area (Å²) < 4.78 is 7.09. The summed E-state index contributed by atoms with van der Waals surface area (Å²) in [4.78, 5) is 18.7. The SMILES string of the molecule is COCCNC(=O)c1ccc(N2CCn3c(nnc3-c3ccccc3)C2)nc1. The highest BCUT2D eigenvalue weighted by Crippen LogP contribution is 2.23. The summed E-state index contributed by atoms with van der Waals surface area (Å²) in [6, 6.07) is 13.7. The quantitative estimate of drug-likeness (QED) is 0.658. The van der Waals surface area contributed by atoms with Crippen molar-refractivity contribution in [2.24, 2.45) is 0 Å². The van der Waals surface area contributed by atoms with Gasteiger partial charge in [-0.25, -0.2) is 4.98 Å². The van der Waals surface area contributed by atoms with Gasteiger partial charge in [0.2, 0.25) is 0 Å². The molecule has 144 valence electrons. The van der Waals surface area contributed by atoms with Crippen molar-refractivity contribution in [1.82, 2.24) is 25.1 Å². The Bertz CT molecular complexity index is 939. The van der Waals surface area contributed by atoms with Gasteiger partial charge in [0.1, 0.15) is 5.82 Å². The zero-order valence-corrected chi connectivity index (χ0v) is 15.7. The van der Waals surface area contributed by atoms with Crippen LogP contribution >= 0.6 is 0 Å². The third kappa shape index (κ3) is 3.72. The number of methoxy groups -OCH3 is 1. The zero-order valence-electron chi connectivity index (χ0n) is 15.7. The number of nitrogens with one attached hydrogen (secondary N) is 1. The van der Waals surface area contributed by atoms with E-state index in [4.69, 9.17) is 4.74 Å². The van der Waals surface area contributed by atoms with Gasteiger partial charge in [0.15, 0.2) is 11.6 Å². The Morgan fingerprint density at radius 2 is 2.00 bits per heavy atom. The van der Waals surface area contributed by atoms with E-state index in [2.05, 4.69) is 30.0 Å². The molecule has 0 fully saturated rings. The number of amides is 1. The number of anilines is 1. The molecule has 0 radical (unpaired) electrons. The Morgan fingerprint density at radius 1 is 1.14 bits per heavy atom. The van der Waals surface area contributed by atoms with Gasteiger partial charge in [-0.15, -0.1) is 10.2 Å². The van der Waals surface area contributed by atoms with Crippen LogP contribution in [0.15, 0.2) is 48.7 Å². The van der Waals surface area contributed by atoms with E-state index in [1.165, 1.54) is 0 Å². The molecule has 1 aliphatic rings. The van der Waals surface area contributed by atoms with Crippen molar-refractivity contribution in [2.75, 3.05) is 31.7 Å². The summed E-state index contributed by atoms with van der Waals surface area (Å²) in [6.45, 7) is 3.18. The summed E-state index contributed by atoms with van der Waals surface area (Å²) in [5, 5.41) is 11.5. The zero-order chi connectivity index (χ0) is 19.3. The molecule has 0 saturated heterocycles. The highest BCUT2D eigenvalue weighted by Gasteiger charge is 2.22. The number of carbonyl (C=O) groups is 1. The molecule has 2 aromatic heterocycles. The Morgan fingerprint density at radius 3 is 2.75 bits per heavy atom. The molecule has 8 nitrogen and oxygen atoms in total. The van der Waals surface area contributed by atoms with E-state index in [1.807, 2.05) is 36.4 Å². The average molecular weight is 378 g/mol. The van der Waals surface area contributed by atoms with Gasteiger partial charge in [-0.1, -0.05) is 30.3 Å². The molecule has 0 unspecified atom stereocenters. The second-order valence-corrected chi connectivity index (χ2v) is 6.53. The standard InChI is InChI=1S/C20H22N6O2/c1-28-12-9-21-20(27)16-7-8-17(22-13-16)25-10-11-26-18(14-25)23-24-19(26)15-5-3-2-4-6-15/h2-8,13H,9-12,14H2,1H3,(H,21,27). The summed E-state index contributed by atoms with van der Waals surface area (Å²) in [7, 11) is 1.60. The number of rotatable bonds is 6. The van der Waals surface area contributed by atoms with Crippen LogP contribution < -0.4 is 10.2 Å². The second kappa shape index (κ2) is 8.18. The first-order chi connectivity index (χ1) is 13.8. The molecule has 4 rings (SSSR count). The van der Waals surface area contributed by atoms with Crippen LogP contribution in [0.3, 0.4) is 0 Å². The van der Waals surface area contributed by atoms with Crippen LogP contribution in [0.25, 0.3) is 11.4 Å². The fourth-order valence-electron chi connectivity index (χ4n) is 3.23. The third-order valence-corrected chi connectivity index (χ3v) is 4.71. The number of fused-ring (bicyclic) bond motifs is 1. The topological polar surface area (TPSA) is 85.2 Å². The molecule has 3 heterocycles. The van der Waals surface area contributed by atoms with E-state index in [9.17, 15) is 4.79 Å². The lowest BCUT2D eigenvalue weighted by molar-refractivity contribution is 0.0937. The molecule has 8 heteroatoms. The molecule has 1 aromatic carbocycles. The van der Waals surface area contributed by atoms with Gasteiger partial charge < -0.3 is 19.5 Å². The number of nitrogens with zero attached hydrogens (tertiary/aromatic N) is 5.